The number of unbranched alkanes of at least 4 members (excludes halogenated alkanes) is 1. The van der Waals surface area contributed by atoms with Crippen molar-refractivity contribution in [1.82, 2.24) is 0 Å². The molecule has 118 valence electrons. The summed E-state index contributed by atoms with van der Waals surface area (Å²) < 4.78 is 7.40. The van der Waals surface area contributed by atoms with Gasteiger partial charge in [-0.25, -0.2) is 0 Å². The van der Waals surface area contributed by atoms with Gasteiger partial charge in [0.05, 0.1) is 0 Å². The van der Waals surface area contributed by atoms with Crippen LogP contribution in [0.2, 0.25) is 5.32 Å². The third-order valence-corrected chi connectivity index (χ3v) is 5.98. The Morgan fingerprint density at radius 1 is 1.27 bits per heavy atom. The second-order valence-electron chi connectivity index (χ2n) is 6.80. The van der Waals surface area contributed by atoms with E-state index >= 15 is 0 Å². The third kappa shape index (κ3) is 4.67. The van der Waals surface area contributed by atoms with Gasteiger partial charge in [-0.05, 0) is 0 Å². The topological polar surface area (TPSA) is 9.23 Å². The molecule has 0 radical (unpaired) electrons. The first kappa shape index (κ1) is 17.2. The summed E-state index contributed by atoms with van der Waals surface area (Å²) in [6.07, 6.45) is 2.56. The number of hydrogen-bond acceptors (Lipinski definition) is 1. The summed E-state index contributed by atoms with van der Waals surface area (Å²) in [5, 5.41) is 1.28. The molecule has 1 aliphatic heterocycles. The van der Waals surface area contributed by atoms with Gasteiger partial charge in [-0.2, -0.15) is 0 Å². The number of hydrogen-bond donors (Lipinski definition) is 0. The van der Waals surface area contributed by atoms with E-state index in [2.05, 4.69) is 64.7 Å². The zero-order valence-corrected chi connectivity index (χ0v) is 16.1. The molecule has 2 heteroatoms. The zero-order chi connectivity index (χ0) is 16.2. The first-order valence-corrected chi connectivity index (χ1v) is 10.1. The van der Waals surface area contributed by atoms with Crippen LogP contribution in [0, 0.1) is 24.2 Å². The maximum absolute atomic E-state index is 5.94. The molecule has 1 heterocycles. The summed E-state index contributed by atoms with van der Waals surface area (Å²) in [6.45, 7) is 11.5. The van der Waals surface area contributed by atoms with Gasteiger partial charge in [0.1, 0.15) is 0 Å². The number of aryl methyl sites for hydroxylation is 1. The zero-order valence-electron chi connectivity index (χ0n) is 14.4. The van der Waals surface area contributed by atoms with E-state index in [-0.39, 0.29) is 5.41 Å². The average Bonchev–Trinajstić information content (AvgIpc) is 2.45. The van der Waals surface area contributed by atoms with Gasteiger partial charge in [-0.1, -0.05) is 0 Å². The van der Waals surface area contributed by atoms with Crippen molar-refractivity contribution in [2.24, 2.45) is 5.41 Å². The summed E-state index contributed by atoms with van der Waals surface area (Å²) in [5.41, 5.74) is 3.79. The summed E-state index contributed by atoms with van der Waals surface area (Å²) in [4.78, 5) is 0. The molecule has 0 aliphatic carbocycles. The minimum absolute atomic E-state index is 0.0292. The van der Waals surface area contributed by atoms with Crippen molar-refractivity contribution in [3.8, 4) is 17.6 Å². The van der Waals surface area contributed by atoms with Crippen LogP contribution in [0.3, 0.4) is 0 Å². The van der Waals surface area contributed by atoms with E-state index in [1.807, 2.05) is 0 Å². The molecule has 0 bridgehead atoms. The second kappa shape index (κ2) is 7.40. The Morgan fingerprint density at radius 3 is 2.73 bits per heavy atom. The molecular formula is C20H26OSe. The van der Waals surface area contributed by atoms with Gasteiger partial charge in [0.15, 0.2) is 0 Å². The summed E-state index contributed by atoms with van der Waals surface area (Å²) in [6, 6.07) is 6.49. The van der Waals surface area contributed by atoms with Gasteiger partial charge >= 0.3 is 141 Å². The van der Waals surface area contributed by atoms with Crippen LogP contribution in [-0.2, 0) is 0 Å². The van der Waals surface area contributed by atoms with Gasteiger partial charge in [0.25, 0.3) is 0 Å². The number of ether oxygens (including phenoxy) is 1. The van der Waals surface area contributed by atoms with E-state index in [4.69, 9.17) is 4.74 Å². The van der Waals surface area contributed by atoms with Gasteiger partial charge in [0, 0.05) is 0 Å². The van der Waals surface area contributed by atoms with Crippen LogP contribution in [0.15, 0.2) is 23.8 Å². The van der Waals surface area contributed by atoms with E-state index in [0.29, 0.717) is 21.6 Å². The van der Waals surface area contributed by atoms with Crippen molar-refractivity contribution in [3.63, 3.8) is 0 Å². The van der Waals surface area contributed by atoms with Crippen LogP contribution < -0.4 is 4.74 Å². The fourth-order valence-electron chi connectivity index (χ4n) is 2.16. The monoisotopic (exact) mass is 362 g/mol. The van der Waals surface area contributed by atoms with Gasteiger partial charge in [0.2, 0.25) is 0 Å². The molecule has 2 rings (SSSR count). The van der Waals surface area contributed by atoms with E-state index < -0.39 is 0 Å². The molecule has 0 saturated carbocycles. The molecule has 1 aliphatic rings. The summed E-state index contributed by atoms with van der Waals surface area (Å²) in [5.74, 6) is 7.83. The quantitative estimate of drug-likeness (QED) is 0.413. The molecule has 0 unspecified atom stereocenters. The van der Waals surface area contributed by atoms with Crippen molar-refractivity contribution >= 4 is 19.4 Å². The standard InChI is InChI=1S/C20H26OSe/c1-6-7-12-22-19-16(10-11-20(3,4)5)14-21-18-9-8-15(2)13-17(18)19/h8-9,13H,6-7,12,14H2,1-5H3. The first-order valence-electron chi connectivity index (χ1n) is 8.03. The van der Waals surface area contributed by atoms with Crippen LogP contribution in [0.5, 0.6) is 5.75 Å². The van der Waals surface area contributed by atoms with Crippen LogP contribution in [0.25, 0.3) is 4.47 Å². The first-order chi connectivity index (χ1) is 10.4. The second-order valence-corrected chi connectivity index (χ2v) is 9.12. The molecule has 0 N–H and O–H groups in total. The Labute approximate surface area is 141 Å². The molecular weight excluding hydrogens is 335 g/mol. The molecule has 22 heavy (non-hydrogen) atoms. The molecule has 0 aromatic heterocycles. The number of rotatable bonds is 4. The minimum atomic E-state index is 0.0292. The van der Waals surface area contributed by atoms with E-state index in [1.165, 1.54) is 39.3 Å². The van der Waals surface area contributed by atoms with E-state index in [9.17, 15) is 0 Å². The summed E-state index contributed by atoms with van der Waals surface area (Å²) >= 11 is 0.476. The van der Waals surface area contributed by atoms with Crippen LogP contribution in [0.1, 0.15) is 51.7 Å². The predicted molar refractivity (Wildman–Crippen MR) is 96.3 cm³/mol. The molecule has 0 fully saturated rings. The molecule has 0 saturated heterocycles. The molecule has 0 atom stereocenters. The summed E-state index contributed by atoms with van der Waals surface area (Å²) in [7, 11) is 0. The van der Waals surface area contributed by atoms with Crippen molar-refractivity contribution in [2.45, 2.75) is 52.8 Å². The predicted octanol–water partition coefficient (Wildman–Crippen LogP) is 5.07. The molecule has 1 nitrogen and oxygen atoms in total. The maximum atomic E-state index is 5.94. The Morgan fingerprint density at radius 2 is 2.05 bits per heavy atom. The number of fused-ring (bicyclic) bond motifs is 1. The van der Waals surface area contributed by atoms with Crippen molar-refractivity contribution < 1.29 is 4.74 Å². The Bertz CT molecular complexity index is 623. The van der Waals surface area contributed by atoms with Crippen LogP contribution >= 0.6 is 0 Å². The fourth-order valence-corrected chi connectivity index (χ4v) is 4.76. The normalized spacial score (nSPS) is 14.0. The molecule has 1 aromatic rings. The van der Waals surface area contributed by atoms with E-state index in [1.54, 1.807) is 0 Å². The Kier molecular flexibility index (Phi) is 5.79. The van der Waals surface area contributed by atoms with Gasteiger partial charge in [-0.3, -0.25) is 0 Å². The van der Waals surface area contributed by atoms with Crippen LogP contribution in [0.4, 0.5) is 0 Å². The Balaban J connectivity index is 2.42. The Hall–Kier alpha value is -1.16. The van der Waals surface area contributed by atoms with Crippen LogP contribution in [-0.4, -0.2) is 21.6 Å². The molecule has 1 aromatic carbocycles. The SMILES string of the molecule is CCCC[Se]C1=C(C#CC(C)(C)C)COc2ccc(C)cc21. The van der Waals surface area contributed by atoms with E-state index in [0.717, 1.165) is 5.75 Å². The third-order valence-electron chi connectivity index (χ3n) is 3.36. The van der Waals surface area contributed by atoms with Gasteiger partial charge in [-0.15, -0.1) is 0 Å². The number of benzene rings is 1. The molecule has 0 amide bonds. The van der Waals surface area contributed by atoms with Crippen molar-refractivity contribution in [1.29, 1.82) is 0 Å². The van der Waals surface area contributed by atoms with Crippen molar-refractivity contribution in [3.05, 3.63) is 34.9 Å². The molecule has 0 spiro atoms. The average molecular weight is 361 g/mol. The van der Waals surface area contributed by atoms with Crippen molar-refractivity contribution in [2.75, 3.05) is 6.61 Å². The fraction of sp³-hybridized carbons (Fsp3) is 0.500. The van der Waals surface area contributed by atoms with Gasteiger partial charge < -0.3 is 0 Å².